The number of furan rings is 1. The molecule has 0 amide bonds. The Morgan fingerprint density at radius 2 is 0.552 bits per heavy atom. The number of ether oxygens (including phenoxy) is 2. The van der Waals surface area contributed by atoms with E-state index in [2.05, 4.69) is 334 Å². The van der Waals surface area contributed by atoms with E-state index in [0.29, 0.717) is 11.6 Å². The Bertz CT molecular complexity index is 6590. The Hall–Kier alpha value is -13.9. The van der Waals surface area contributed by atoms with Crippen LogP contribution in [0.4, 0.5) is 0 Å². The average Bonchev–Trinajstić information content (AvgIpc) is 1.61. The first-order chi connectivity index (χ1) is 52.0. The highest BCUT2D eigenvalue weighted by atomic mass is 16.5. The van der Waals surface area contributed by atoms with Crippen LogP contribution in [0.25, 0.3) is 145 Å². The van der Waals surface area contributed by atoms with E-state index < -0.39 is 10.8 Å². The van der Waals surface area contributed by atoms with Crippen LogP contribution in [0, 0.1) is 0 Å². The van der Waals surface area contributed by atoms with Crippen LogP contribution in [-0.4, -0.2) is 19.9 Å². The summed E-state index contributed by atoms with van der Waals surface area (Å²) in [7, 11) is 0. The molecule has 2 aliphatic carbocycles. The van der Waals surface area contributed by atoms with Gasteiger partial charge in [-0.3, -0.25) is 0 Å². The lowest BCUT2D eigenvalue weighted by Gasteiger charge is -2.40. The molecule has 4 aliphatic rings. The van der Waals surface area contributed by atoms with Gasteiger partial charge in [-0.25, -0.2) is 19.9 Å². The molecule has 0 atom stereocenters. The molecule has 2 aliphatic heterocycles. The molecule has 3 aromatic heterocycles. The second-order valence-electron chi connectivity index (χ2n) is 27.7. The Labute approximate surface area is 605 Å². The summed E-state index contributed by atoms with van der Waals surface area (Å²) in [5.41, 5.74) is 27.3. The third-order valence-corrected chi connectivity index (χ3v) is 22.3. The van der Waals surface area contributed by atoms with Crippen molar-refractivity contribution in [2.45, 2.75) is 10.8 Å². The smallest absolute Gasteiger partial charge is 0.160 e. The van der Waals surface area contributed by atoms with E-state index in [0.717, 1.165) is 156 Å². The van der Waals surface area contributed by atoms with Gasteiger partial charge >= 0.3 is 0 Å². The second-order valence-corrected chi connectivity index (χ2v) is 27.7. The van der Waals surface area contributed by atoms with Gasteiger partial charge in [0, 0.05) is 66.4 Å². The van der Waals surface area contributed by atoms with Crippen molar-refractivity contribution in [3.05, 3.63) is 396 Å². The van der Waals surface area contributed by atoms with Gasteiger partial charge in [0.2, 0.25) is 0 Å². The van der Waals surface area contributed by atoms with E-state index in [9.17, 15) is 0 Å². The first-order valence-electron chi connectivity index (χ1n) is 35.7. The molecule has 105 heavy (non-hydrogen) atoms. The molecule has 0 fully saturated rings. The summed E-state index contributed by atoms with van der Waals surface area (Å²) < 4.78 is 21.3. The fourth-order valence-electron chi connectivity index (χ4n) is 17.8. The summed E-state index contributed by atoms with van der Waals surface area (Å²) >= 11 is 0. The Morgan fingerprint density at radius 3 is 1.08 bits per heavy atom. The van der Waals surface area contributed by atoms with Gasteiger partial charge in [-0.15, -0.1) is 0 Å². The van der Waals surface area contributed by atoms with Gasteiger partial charge < -0.3 is 13.9 Å². The molecule has 0 unspecified atom stereocenters. The summed E-state index contributed by atoms with van der Waals surface area (Å²) in [6.45, 7) is 0. The van der Waals surface area contributed by atoms with Crippen LogP contribution >= 0.6 is 0 Å². The third kappa shape index (κ3) is 8.67. The van der Waals surface area contributed by atoms with Crippen LogP contribution in [0.2, 0.25) is 0 Å². The Kier molecular flexibility index (Phi) is 12.8. The van der Waals surface area contributed by atoms with Crippen molar-refractivity contribution < 1.29 is 13.9 Å². The molecular formula is C98H58N4O3. The molecule has 18 aromatic rings. The quantitative estimate of drug-likeness (QED) is 0.150. The molecule has 488 valence electrons. The van der Waals surface area contributed by atoms with Crippen LogP contribution in [-0.2, 0) is 10.8 Å². The van der Waals surface area contributed by atoms with E-state index in [1.165, 1.54) is 44.5 Å². The standard InChI is InChI=1S/C98H58N4O3/c1-3-23-60(24-4-1)65-53-54-72(67-28-8-7-27-66(65)67)86-58-88(76-34-22-42-84-94(76)105-90-44-20-18-40-82(90)98(84)79-37-15-11-31-70(79)71-32-12-16-38-80(71)98)102-96(100-86)62-47-45-59(46-48-62)63-49-51-73-74-52-50-64(56-92(74)103-91(73)55-63)85-57-87(101-95(99-85)61-25-5-2-6-26-61)75-33-21-41-83-93(75)104-89-43-19-17-39-81(89)97(83)77-35-13-9-29-68(77)69-30-10-14-36-78(69)97/h1-58H. The lowest BCUT2D eigenvalue weighted by atomic mass is 9.65. The van der Waals surface area contributed by atoms with Crippen molar-refractivity contribution >= 4 is 32.7 Å². The largest absolute Gasteiger partial charge is 0.456 e. The highest BCUT2D eigenvalue weighted by Crippen LogP contribution is 2.65. The van der Waals surface area contributed by atoms with Gasteiger partial charge in [-0.2, -0.15) is 0 Å². The van der Waals surface area contributed by atoms with Crippen molar-refractivity contribution in [2.24, 2.45) is 0 Å². The highest BCUT2D eigenvalue weighted by molar-refractivity contribution is 6.08. The van der Waals surface area contributed by atoms with Gasteiger partial charge in [0.15, 0.2) is 11.6 Å². The van der Waals surface area contributed by atoms with Crippen LogP contribution in [0.3, 0.4) is 0 Å². The number of nitrogens with zero attached hydrogens (tertiary/aromatic N) is 4. The molecule has 0 saturated carbocycles. The van der Waals surface area contributed by atoms with Gasteiger partial charge in [-0.1, -0.05) is 291 Å². The average molecular weight is 1340 g/mol. The van der Waals surface area contributed by atoms with Gasteiger partial charge in [0.25, 0.3) is 0 Å². The molecule has 7 nitrogen and oxygen atoms in total. The van der Waals surface area contributed by atoms with Crippen molar-refractivity contribution in [1.82, 2.24) is 19.9 Å². The van der Waals surface area contributed by atoms with Crippen molar-refractivity contribution in [1.29, 1.82) is 0 Å². The monoisotopic (exact) mass is 1340 g/mol. The second kappa shape index (κ2) is 22.8. The molecular weight excluding hydrogens is 1280 g/mol. The van der Waals surface area contributed by atoms with Gasteiger partial charge in [0.1, 0.15) is 34.2 Å². The van der Waals surface area contributed by atoms with E-state index >= 15 is 0 Å². The zero-order chi connectivity index (χ0) is 68.9. The lowest BCUT2D eigenvalue weighted by molar-refractivity contribution is 0.437. The predicted octanol–water partition coefficient (Wildman–Crippen LogP) is 24.6. The van der Waals surface area contributed by atoms with E-state index in [-0.39, 0.29) is 0 Å². The van der Waals surface area contributed by atoms with Crippen molar-refractivity contribution in [2.75, 3.05) is 0 Å². The zero-order valence-electron chi connectivity index (χ0n) is 56.5. The van der Waals surface area contributed by atoms with E-state index in [1.54, 1.807) is 0 Å². The number of benzene rings is 15. The van der Waals surface area contributed by atoms with Crippen LogP contribution in [0.1, 0.15) is 44.5 Å². The molecule has 15 aromatic carbocycles. The maximum Gasteiger partial charge on any atom is 0.160 e. The molecule has 5 heterocycles. The zero-order valence-corrected chi connectivity index (χ0v) is 56.5. The first kappa shape index (κ1) is 58.9. The molecule has 2 spiro atoms. The summed E-state index contributed by atoms with van der Waals surface area (Å²) in [5, 5.41) is 4.27. The van der Waals surface area contributed by atoms with Crippen LogP contribution < -0.4 is 9.47 Å². The number of hydrogen-bond donors (Lipinski definition) is 0. The fraction of sp³-hybridized carbons (Fsp3) is 0.0204. The minimum Gasteiger partial charge on any atom is -0.456 e. The number of hydrogen-bond acceptors (Lipinski definition) is 7. The predicted molar refractivity (Wildman–Crippen MR) is 421 cm³/mol. The summed E-state index contributed by atoms with van der Waals surface area (Å²) in [6, 6.07) is 125. The molecule has 7 heteroatoms. The number of rotatable bonds is 8. The number of fused-ring (bicyclic) bond motifs is 22. The van der Waals surface area contributed by atoms with Crippen molar-refractivity contribution in [3.8, 4) is 135 Å². The van der Waals surface area contributed by atoms with E-state index in [4.69, 9.17) is 33.8 Å². The summed E-state index contributed by atoms with van der Waals surface area (Å²) in [5.74, 6) is 4.39. The molecule has 22 rings (SSSR count). The van der Waals surface area contributed by atoms with Crippen LogP contribution in [0.5, 0.6) is 23.0 Å². The van der Waals surface area contributed by atoms with Crippen LogP contribution in [0.15, 0.2) is 356 Å². The van der Waals surface area contributed by atoms with Crippen molar-refractivity contribution in [3.63, 3.8) is 0 Å². The highest BCUT2D eigenvalue weighted by Gasteiger charge is 2.53. The van der Waals surface area contributed by atoms with Gasteiger partial charge in [-0.05, 0) is 138 Å². The number of para-hydroxylation sites is 4. The maximum absolute atomic E-state index is 7.26. The molecule has 0 saturated heterocycles. The molecule has 0 bridgehead atoms. The normalized spacial score (nSPS) is 13.4. The Morgan fingerprint density at radius 1 is 0.200 bits per heavy atom. The summed E-state index contributed by atoms with van der Waals surface area (Å²) in [4.78, 5) is 21.8. The lowest BCUT2D eigenvalue weighted by Crippen LogP contribution is -2.32. The minimum absolute atomic E-state index is 0.595. The minimum atomic E-state index is -0.645. The SMILES string of the molecule is c1ccc(-c2nc(-c3ccc4c(c3)oc3cc(-c5ccc(-c6nc(-c7cccc8c7Oc7ccccc7C87c8ccccc8-c8ccccc87)cc(-c7ccc(-c8ccccc8)c8ccccc78)n6)cc5)ccc34)cc(-c3cccc4c3Oc3ccccc3C43c4ccccc4-c4ccccc43)n2)cc1. The maximum atomic E-state index is 7.26. The topological polar surface area (TPSA) is 83.2 Å². The Balaban J connectivity index is 0.647. The fourth-order valence-corrected chi connectivity index (χ4v) is 17.8. The third-order valence-electron chi connectivity index (χ3n) is 22.3. The van der Waals surface area contributed by atoms with E-state index in [1.807, 2.05) is 18.2 Å². The molecule has 0 N–H and O–H groups in total. The number of aromatic nitrogens is 4. The summed E-state index contributed by atoms with van der Waals surface area (Å²) in [6.07, 6.45) is 0. The van der Waals surface area contributed by atoms with Gasteiger partial charge in [0.05, 0.1) is 33.6 Å². The molecule has 0 radical (unpaired) electrons. The first-order valence-corrected chi connectivity index (χ1v) is 35.7.